The zero-order valence-electron chi connectivity index (χ0n) is 6.24. The third-order valence-corrected chi connectivity index (χ3v) is 0.625. The predicted octanol–water partition coefficient (Wildman–Crippen LogP) is 0.642. The molecule has 0 unspecified atom stereocenters. The zero-order chi connectivity index (χ0) is 6.73. The molecule has 5 nitrogen and oxygen atoms in total. The van der Waals surface area contributed by atoms with Gasteiger partial charge in [0, 0.05) is 11.8 Å². The first kappa shape index (κ1) is 11.6. The van der Waals surface area contributed by atoms with Crippen LogP contribution in [0.15, 0.2) is 0 Å². The van der Waals surface area contributed by atoms with E-state index in [1.165, 1.54) is 0 Å². The van der Waals surface area contributed by atoms with Crippen molar-refractivity contribution >= 4 is 47.0 Å². The molecular formula is C2H4ClMgNO4. The number of hydrogen-bond acceptors (Lipinski definition) is 2. The van der Waals surface area contributed by atoms with Gasteiger partial charge in [-0.25, -0.2) is 9.59 Å². The van der Waals surface area contributed by atoms with E-state index in [2.05, 4.69) is 11.8 Å². The number of nitrogens with zero attached hydrogens (tertiary/aromatic N) is 1. The average molecular weight is 166 g/mol. The van der Waals surface area contributed by atoms with Crippen molar-refractivity contribution in [1.82, 2.24) is 4.42 Å². The van der Waals surface area contributed by atoms with Gasteiger partial charge in [0.1, 0.15) is 0 Å². The van der Waals surface area contributed by atoms with Crippen LogP contribution in [0.4, 0.5) is 9.59 Å². The molecule has 0 heterocycles. The normalized spacial score (nSPS) is 7.22. The Morgan fingerprint density at radius 2 is 1.56 bits per heavy atom. The number of rotatable bonds is 0. The molecule has 0 aliphatic rings. The van der Waals surface area contributed by atoms with Crippen molar-refractivity contribution in [3.63, 3.8) is 0 Å². The van der Waals surface area contributed by atoms with Crippen LogP contribution in [0.2, 0.25) is 0 Å². The number of carboxylic acid groups (broad SMARTS) is 2. The molecule has 2 amide bonds. The first-order valence-electron chi connectivity index (χ1n) is 1.47. The zero-order valence-corrected chi connectivity index (χ0v) is 6.41. The summed E-state index contributed by atoms with van der Waals surface area (Å²) in [4.78, 5) is 19.1. The van der Waals surface area contributed by atoms with Gasteiger partial charge in [0.2, 0.25) is 0 Å². The van der Waals surface area contributed by atoms with Crippen molar-refractivity contribution < 1.29 is 22.7 Å². The van der Waals surface area contributed by atoms with E-state index in [-0.39, 0.29) is 30.3 Å². The minimum absolute atomic E-state index is 0. The van der Waals surface area contributed by atoms with Gasteiger partial charge in [0.05, 0.1) is 0 Å². The summed E-state index contributed by atoms with van der Waals surface area (Å²) < 4.78 is -0.361. The molecule has 0 fully saturated rings. The molecule has 0 aliphatic carbocycles. The Kier molecular flexibility index (Phi) is 5.99. The van der Waals surface area contributed by atoms with Gasteiger partial charge in [-0.15, -0.1) is 4.42 Å². The minimum atomic E-state index is -1.71. The van der Waals surface area contributed by atoms with Crippen LogP contribution in [-0.2, 0) is 0 Å². The van der Waals surface area contributed by atoms with E-state index in [1.807, 2.05) is 0 Å². The van der Waals surface area contributed by atoms with Crippen LogP contribution in [-0.4, -0.2) is 49.9 Å². The molecule has 0 radical (unpaired) electrons. The molecule has 0 aliphatic heterocycles. The summed E-state index contributed by atoms with van der Waals surface area (Å²) in [7, 11) is 0. The smallest absolute Gasteiger partial charge is 1.00 e. The van der Waals surface area contributed by atoms with Crippen molar-refractivity contribution in [3.8, 4) is 0 Å². The quantitative estimate of drug-likeness (QED) is 0.408. The van der Waals surface area contributed by atoms with E-state index in [0.29, 0.717) is 0 Å². The number of hydrogen-bond donors (Lipinski definition) is 2. The van der Waals surface area contributed by atoms with Gasteiger partial charge >= 0.3 is 35.2 Å². The van der Waals surface area contributed by atoms with E-state index in [4.69, 9.17) is 10.2 Å². The molecule has 0 aromatic rings. The summed E-state index contributed by atoms with van der Waals surface area (Å²) in [6.07, 6.45) is -3.42. The van der Waals surface area contributed by atoms with Gasteiger partial charge in [-0.3, -0.25) is 0 Å². The summed E-state index contributed by atoms with van der Waals surface area (Å²) in [5.74, 6) is 0. The minimum Gasteiger partial charge on any atom is -1.00 e. The number of amides is 2. The first-order chi connectivity index (χ1) is 3.55. The van der Waals surface area contributed by atoms with E-state index in [0.717, 1.165) is 0 Å². The summed E-state index contributed by atoms with van der Waals surface area (Å²) in [5.41, 5.74) is 0. The molecule has 2 N–H and O–H groups in total. The molecule has 0 atom stereocenters. The maximum absolute atomic E-state index is 9.55. The summed E-state index contributed by atoms with van der Waals surface area (Å²) in [6.45, 7) is 0. The van der Waals surface area contributed by atoms with Gasteiger partial charge in [0.15, 0.2) is 0 Å². The molecular weight excluding hydrogens is 162 g/mol. The van der Waals surface area contributed by atoms with Crippen LogP contribution < -0.4 is 0 Å². The van der Waals surface area contributed by atoms with Gasteiger partial charge in [-0.05, 0) is 0 Å². The number of halogens is 1. The maximum Gasteiger partial charge on any atom is 2.00 e. The van der Waals surface area contributed by atoms with E-state index < -0.39 is 12.2 Å². The van der Waals surface area contributed by atoms with Crippen LogP contribution in [0.25, 0.3) is 0 Å². The van der Waals surface area contributed by atoms with Crippen LogP contribution in [0.5, 0.6) is 0 Å². The second-order valence-corrected chi connectivity index (χ2v) is 1.18. The fourth-order valence-electron chi connectivity index (χ4n) is 0.0818. The summed E-state index contributed by atoms with van der Waals surface area (Å²) in [6, 6.07) is 0. The van der Waals surface area contributed by atoms with Gasteiger partial charge in [-0.2, -0.15) is 0 Å². The number of carbonyl (C=O) groups is 2. The Morgan fingerprint density at radius 3 is 1.56 bits per heavy atom. The van der Waals surface area contributed by atoms with Crippen LogP contribution in [0.1, 0.15) is 2.85 Å². The Bertz CT molecular complexity index is 121. The molecule has 0 saturated heterocycles. The fourth-order valence-corrected chi connectivity index (χ4v) is 0.0818. The molecule has 0 aromatic carbocycles. The summed E-state index contributed by atoms with van der Waals surface area (Å²) >= 11 is 4.58. The van der Waals surface area contributed by atoms with Crippen LogP contribution in [0.3, 0.4) is 0 Å². The van der Waals surface area contributed by atoms with Crippen LogP contribution in [0, 0.1) is 0 Å². The third kappa shape index (κ3) is 4.31. The summed E-state index contributed by atoms with van der Waals surface area (Å²) in [5, 5.41) is 15.5. The molecule has 0 aromatic heterocycles. The van der Waals surface area contributed by atoms with Crippen molar-refractivity contribution in [2.24, 2.45) is 0 Å². The first-order valence-corrected chi connectivity index (χ1v) is 1.81. The van der Waals surface area contributed by atoms with E-state index in [9.17, 15) is 9.59 Å². The van der Waals surface area contributed by atoms with Gasteiger partial charge in [0.25, 0.3) is 0 Å². The molecule has 50 valence electrons. The molecule has 7 heteroatoms. The molecule has 0 spiro atoms. The SMILES string of the molecule is O=C(O)N(Cl)C(=O)O.[H-].[H-].[Mg+2]. The maximum atomic E-state index is 9.55. The van der Waals surface area contributed by atoms with Gasteiger partial charge < -0.3 is 13.1 Å². The van der Waals surface area contributed by atoms with Gasteiger partial charge in [-0.1, -0.05) is 0 Å². The predicted molar refractivity (Wildman–Crippen MR) is 31.7 cm³/mol. The third-order valence-electron chi connectivity index (χ3n) is 0.336. The molecule has 0 rings (SSSR count). The Balaban J connectivity index is -0.0000000817. The van der Waals surface area contributed by atoms with Crippen LogP contribution >= 0.6 is 11.8 Å². The standard InChI is InChI=1S/C2H2ClNO4.Mg.2H/c3-4(1(5)6)2(7)8;;;/h(H,5,6)(H,7,8);;;/q;+2;2*-1. The largest absolute Gasteiger partial charge is 2.00 e. The molecule has 9 heavy (non-hydrogen) atoms. The van der Waals surface area contributed by atoms with E-state index >= 15 is 0 Å². The van der Waals surface area contributed by atoms with Crippen molar-refractivity contribution in [1.29, 1.82) is 0 Å². The second kappa shape index (κ2) is 4.65. The second-order valence-electron chi connectivity index (χ2n) is 0.846. The van der Waals surface area contributed by atoms with Crippen molar-refractivity contribution in [3.05, 3.63) is 0 Å². The van der Waals surface area contributed by atoms with Crippen molar-refractivity contribution in [2.75, 3.05) is 0 Å². The molecule has 0 bridgehead atoms. The average Bonchev–Trinajstić information content (AvgIpc) is 1.64. The topological polar surface area (TPSA) is 77.8 Å². The Labute approximate surface area is 74.4 Å². The Hall–Kier alpha value is -0.204. The van der Waals surface area contributed by atoms with Crippen molar-refractivity contribution in [2.45, 2.75) is 0 Å². The Morgan fingerprint density at radius 1 is 1.33 bits per heavy atom. The number of imide groups is 1. The van der Waals surface area contributed by atoms with E-state index in [1.54, 1.807) is 0 Å². The monoisotopic (exact) mass is 165 g/mol. The fraction of sp³-hybridized carbons (Fsp3) is 0. The molecule has 0 saturated carbocycles.